The first-order valence-electron chi connectivity index (χ1n) is 6.48. The Bertz CT molecular complexity index is 551. The smallest absolute Gasteiger partial charge is 0.268 e. The van der Waals surface area contributed by atoms with E-state index in [0.717, 1.165) is 0 Å². The van der Waals surface area contributed by atoms with Crippen LogP contribution >= 0.6 is 11.6 Å². The molecule has 1 aromatic carbocycles. The molecule has 1 atom stereocenters. The molecular weight excluding hydrogens is 276 g/mol. The standard InChI is InChI=1S/C15H17ClN2O2/c1-9(2)13-8-10(3)15(20)18(13)17-14(19)11-4-6-12(16)7-5-11/h4-7,9,13H,3,8H2,1-2H3,(H,17,19). The van der Waals surface area contributed by atoms with Gasteiger partial charge in [0.25, 0.3) is 11.8 Å². The average molecular weight is 293 g/mol. The number of amides is 2. The van der Waals surface area contributed by atoms with E-state index in [9.17, 15) is 9.59 Å². The Labute approximate surface area is 123 Å². The van der Waals surface area contributed by atoms with Crippen LogP contribution in [0.3, 0.4) is 0 Å². The lowest BCUT2D eigenvalue weighted by Crippen LogP contribution is -2.49. The van der Waals surface area contributed by atoms with Crippen LogP contribution in [0, 0.1) is 5.92 Å². The Morgan fingerprint density at radius 1 is 1.40 bits per heavy atom. The number of nitrogens with one attached hydrogen (secondary N) is 1. The van der Waals surface area contributed by atoms with Gasteiger partial charge in [0.15, 0.2) is 0 Å². The molecule has 1 N–H and O–H groups in total. The Balaban J connectivity index is 2.15. The van der Waals surface area contributed by atoms with Crippen LogP contribution in [0.1, 0.15) is 30.6 Å². The zero-order chi connectivity index (χ0) is 14.9. The Morgan fingerprint density at radius 2 is 2.00 bits per heavy atom. The number of carbonyl (C=O) groups is 2. The fraction of sp³-hybridized carbons (Fsp3) is 0.333. The van der Waals surface area contributed by atoms with Crippen molar-refractivity contribution in [3.8, 4) is 0 Å². The van der Waals surface area contributed by atoms with Crippen molar-refractivity contribution in [2.45, 2.75) is 26.3 Å². The summed E-state index contributed by atoms with van der Waals surface area (Å²) in [6.45, 7) is 7.77. The second-order valence-corrected chi connectivity index (χ2v) is 5.68. The molecule has 0 saturated carbocycles. The highest BCUT2D eigenvalue weighted by molar-refractivity contribution is 6.30. The molecule has 0 spiro atoms. The number of nitrogens with zero attached hydrogens (tertiary/aromatic N) is 1. The maximum Gasteiger partial charge on any atom is 0.269 e. The van der Waals surface area contributed by atoms with Gasteiger partial charge in [-0.1, -0.05) is 32.0 Å². The van der Waals surface area contributed by atoms with Crippen LogP contribution in [-0.4, -0.2) is 22.9 Å². The molecule has 1 aliphatic heterocycles. The van der Waals surface area contributed by atoms with Crippen molar-refractivity contribution in [2.24, 2.45) is 5.92 Å². The van der Waals surface area contributed by atoms with E-state index in [1.807, 2.05) is 13.8 Å². The zero-order valence-electron chi connectivity index (χ0n) is 11.5. The maximum absolute atomic E-state index is 12.2. The van der Waals surface area contributed by atoms with Gasteiger partial charge < -0.3 is 0 Å². The van der Waals surface area contributed by atoms with E-state index >= 15 is 0 Å². The Kier molecular flexibility index (Phi) is 4.14. The summed E-state index contributed by atoms with van der Waals surface area (Å²) in [5.41, 5.74) is 3.66. The molecule has 106 valence electrons. The highest BCUT2D eigenvalue weighted by atomic mass is 35.5. The number of hydrogen-bond donors (Lipinski definition) is 1. The van der Waals surface area contributed by atoms with Gasteiger partial charge in [-0.25, -0.2) is 5.01 Å². The normalized spacial score (nSPS) is 18.8. The van der Waals surface area contributed by atoms with Gasteiger partial charge in [-0.05, 0) is 30.2 Å². The number of hydrazine groups is 1. The third kappa shape index (κ3) is 2.85. The van der Waals surface area contributed by atoms with E-state index in [0.29, 0.717) is 22.6 Å². The van der Waals surface area contributed by atoms with Crippen LogP contribution in [0.15, 0.2) is 36.4 Å². The topological polar surface area (TPSA) is 49.4 Å². The molecule has 2 rings (SSSR count). The molecule has 20 heavy (non-hydrogen) atoms. The van der Waals surface area contributed by atoms with Crippen LogP contribution < -0.4 is 5.43 Å². The summed E-state index contributed by atoms with van der Waals surface area (Å²) in [4.78, 5) is 24.2. The van der Waals surface area contributed by atoms with Gasteiger partial charge in [-0.2, -0.15) is 0 Å². The van der Waals surface area contributed by atoms with Gasteiger partial charge in [0.05, 0.1) is 6.04 Å². The van der Waals surface area contributed by atoms with Gasteiger partial charge in [0, 0.05) is 22.6 Å². The van der Waals surface area contributed by atoms with E-state index in [4.69, 9.17) is 11.6 Å². The molecular formula is C15H17ClN2O2. The number of benzene rings is 1. The fourth-order valence-electron chi connectivity index (χ4n) is 2.19. The minimum atomic E-state index is -0.324. The van der Waals surface area contributed by atoms with E-state index in [1.54, 1.807) is 24.3 Å². The summed E-state index contributed by atoms with van der Waals surface area (Å²) in [6.07, 6.45) is 0.581. The van der Waals surface area contributed by atoms with Crippen molar-refractivity contribution in [3.05, 3.63) is 47.0 Å². The van der Waals surface area contributed by atoms with Gasteiger partial charge >= 0.3 is 0 Å². The van der Waals surface area contributed by atoms with Crippen molar-refractivity contribution in [1.82, 2.24) is 10.4 Å². The molecule has 4 nitrogen and oxygen atoms in total. The molecule has 1 saturated heterocycles. The molecule has 0 aliphatic carbocycles. The minimum absolute atomic E-state index is 0.0498. The number of rotatable bonds is 3. The van der Waals surface area contributed by atoms with Gasteiger partial charge in [0.2, 0.25) is 0 Å². The zero-order valence-corrected chi connectivity index (χ0v) is 12.3. The summed E-state index contributed by atoms with van der Waals surface area (Å²) >= 11 is 5.79. The third-order valence-electron chi connectivity index (χ3n) is 3.41. The molecule has 0 bridgehead atoms. The van der Waals surface area contributed by atoms with Crippen LogP contribution in [0.5, 0.6) is 0 Å². The van der Waals surface area contributed by atoms with E-state index in [1.165, 1.54) is 5.01 Å². The van der Waals surface area contributed by atoms with Crippen LogP contribution in [-0.2, 0) is 4.79 Å². The highest BCUT2D eigenvalue weighted by Gasteiger charge is 2.37. The van der Waals surface area contributed by atoms with E-state index in [-0.39, 0.29) is 23.8 Å². The van der Waals surface area contributed by atoms with Crippen molar-refractivity contribution in [1.29, 1.82) is 0 Å². The molecule has 1 aromatic rings. The Hall–Kier alpha value is -1.81. The molecule has 1 heterocycles. The maximum atomic E-state index is 12.2. The largest absolute Gasteiger partial charge is 0.269 e. The summed E-state index contributed by atoms with van der Waals surface area (Å²) in [6, 6.07) is 6.48. The molecule has 5 heteroatoms. The van der Waals surface area contributed by atoms with Gasteiger partial charge in [-0.15, -0.1) is 0 Å². The second kappa shape index (κ2) is 5.67. The molecule has 0 aromatic heterocycles. The van der Waals surface area contributed by atoms with Crippen LogP contribution in [0.25, 0.3) is 0 Å². The number of halogens is 1. The summed E-state index contributed by atoms with van der Waals surface area (Å²) in [5.74, 6) is -0.301. The quantitative estimate of drug-likeness (QED) is 0.871. The van der Waals surface area contributed by atoms with Crippen LogP contribution in [0.4, 0.5) is 0 Å². The number of carbonyl (C=O) groups excluding carboxylic acids is 2. The van der Waals surface area contributed by atoms with Crippen molar-refractivity contribution in [2.75, 3.05) is 0 Å². The highest BCUT2D eigenvalue weighted by Crippen LogP contribution is 2.26. The predicted molar refractivity (Wildman–Crippen MR) is 78.1 cm³/mol. The van der Waals surface area contributed by atoms with Crippen molar-refractivity contribution >= 4 is 23.4 Å². The van der Waals surface area contributed by atoms with E-state index in [2.05, 4.69) is 12.0 Å². The Morgan fingerprint density at radius 3 is 2.55 bits per heavy atom. The minimum Gasteiger partial charge on any atom is -0.268 e. The van der Waals surface area contributed by atoms with E-state index < -0.39 is 0 Å². The lowest BCUT2D eigenvalue weighted by atomic mass is 10.0. The summed E-state index contributed by atoms with van der Waals surface area (Å²) in [7, 11) is 0. The van der Waals surface area contributed by atoms with Crippen molar-refractivity contribution in [3.63, 3.8) is 0 Å². The molecule has 1 unspecified atom stereocenters. The molecule has 1 fully saturated rings. The lowest BCUT2D eigenvalue weighted by Gasteiger charge is -2.27. The summed E-state index contributed by atoms with van der Waals surface area (Å²) in [5, 5.41) is 1.96. The van der Waals surface area contributed by atoms with Crippen LogP contribution in [0.2, 0.25) is 5.02 Å². The first kappa shape index (κ1) is 14.6. The molecule has 0 radical (unpaired) electrons. The first-order chi connectivity index (χ1) is 9.40. The van der Waals surface area contributed by atoms with Gasteiger partial charge in [0.1, 0.15) is 0 Å². The van der Waals surface area contributed by atoms with Gasteiger partial charge in [-0.3, -0.25) is 15.0 Å². The fourth-order valence-corrected chi connectivity index (χ4v) is 2.32. The lowest BCUT2D eigenvalue weighted by molar-refractivity contribution is -0.129. The first-order valence-corrected chi connectivity index (χ1v) is 6.86. The van der Waals surface area contributed by atoms with Crippen molar-refractivity contribution < 1.29 is 9.59 Å². The molecule has 2 amide bonds. The third-order valence-corrected chi connectivity index (χ3v) is 3.66. The summed E-state index contributed by atoms with van der Waals surface area (Å²) < 4.78 is 0. The second-order valence-electron chi connectivity index (χ2n) is 5.24. The predicted octanol–water partition coefficient (Wildman–Crippen LogP) is 2.80. The number of hydrogen-bond acceptors (Lipinski definition) is 2. The molecule has 1 aliphatic rings. The SMILES string of the molecule is C=C1CC(C(C)C)N(NC(=O)c2ccc(Cl)cc2)C1=O. The average Bonchev–Trinajstić information content (AvgIpc) is 2.68. The monoisotopic (exact) mass is 292 g/mol.